The molecule has 4 rings (SSSR count). The molecule has 24 heavy (non-hydrogen) atoms. The summed E-state index contributed by atoms with van der Waals surface area (Å²) in [7, 11) is 0. The number of aromatic nitrogens is 5. The number of imidazole rings is 1. The van der Waals surface area contributed by atoms with Gasteiger partial charge >= 0.3 is 0 Å². The second kappa shape index (κ2) is 5.88. The Hall–Kier alpha value is -3.61. The molecule has 0 unspecified atom stereocenters. The molecule has 0 aliphatic heterocycles. The van der Waals surface area contributed by atoms with E-state index in [9.17, 15) is 4.79 Å². The number of amides is 1. The second-order valence-corrected chi connectivity index (χ2v) is 5.07. The van der Waals surface area contributed by atoms with Crippen molar-refractivity contribution < 1.29 is 4.79 Å². The summed E-state index contributed by atoms with van der Waals surface area (Å²) in [4.78, 5) is 32.3. The summed E-state index contributed by atoms with van der Waals surface area (Å²) in [6.07, 6.45) is 4.77. The maximum Gasteiger partial charge on any atom is 0.256 e. The van der Waals surface area contributed by atoms with Gasteiger partial charge in [0, 0.05) is 23.5 Å². The van der Waals surface area contributed by atoms with E-state index in [1.807, 2.05) is 18.2 Å². The minimum Gasteiger partial charge on any atom is -0.333 e. The Morgan fingerprint density at radius 2 is 1.92 bits per heavy atom. The number of benzene rings is 1. The molecule has 7 heteroatoms. The normalized spacial score (nSPS) is 10.7. The third-order valence-corrected chi connectivity index (χ3v) is 3.49. The van der Waals surface area contributed by atoms with Gasteiger partial charge in [0.1, 0.15) is 17.7 Å². The van der Waals surface area contributed by atoms with Crippen LogP contribution in [-0.4, -0.2) is 30.8 Å². The molecule has 2 N–H and O–H groups in total. The van der Waals surface area contributed by atoms with Gasteiger partial charge in [-0.3, -0.25) is 9.78 Å². The Morgan fingerprint density at radius 1 is 1.04 bits per heavy atom. The number of anilines is 1. The smallest absolute Gasteiger partial charge is 0.256 e. The Bertz CT molecular complexity index is 997. The predicted molar refractivity (Wildman–Crippen MR) is 89.3 cm³/mol. The van der Waals surface area contributed by atoms with Gasteiger partial charge in [0.05, 0.1) is 0 Å². The maximum atomic E-state index is 12.3. The molecule has 116 valence electrons. The molecule has 0 aliphatic carbocycles. The van der Waals surface area contributed by atoms with Gasteiger partial charge in [0.2, 0.25) is 0 Å². The molecule has 0 atom stereocenters. The first-order chi connectivity index (χ1) is 11.8. The predicted octanol–water partition coefficient (Wildman–Crippen LogP) is 2.67. The molecule has 4 aromatic rings. The summed E-state index contributed by atoms with van der Waals surface area (Å²) in [5.74, 6) is 0.762. The zero-order valence-electron chi connectivity index (χ0n) is 12.5. The number of aromatic amines is 1. The average Bonchev–Trinajstić information content (AvgIpc) is 3.08. The van der Waals surface area contributed by atoms with Crippen molar-refractivity contribution in [1.29, 1.82) is 0 Å². The molecule has 3 aromatic heterocycles. The van der Waals surface area contributed by atoms with E-state index >= 15 is 0 Å². The van der Waals surface area contributed by atoms with Crippen LogP contribution in [0, 0.1) is 0 Å². The quantitative estimate of drug-likeness (QED) is 0.605. The summed E-state index contributed by atoms with van der Waals surface area (Å²) in [5.41, 5.74) is 2.43. The fraction of sp³-hybridized carbons (Fsp3) is 0. The first-order valence-corrected chi connectivity index (χ1v) is 7.29. The van der Waals surface area contributed by atoms with Crippen LogP contribution in [0.15, 0.2) is 61.2 Å². The lowest BCUT2D eigenvalue weighted by Gasteiger charge is -2.04. The number of carbonyl (C=O) groups is 1. The summed E-state index contributed by atoms with van der Waals surface area (Å²) in [6.45, 7) is 0. The molecule has 0 fully saturated rings. The fourth-order valence-electron chi connectivity index (χ4n) is 2.33. The number of fused-ring (bicyclic) bond motifs is 1. The molecule has 0 aliphatic rings. The van der Waals surface area contributed by atoms with E-state index in [2.05, 4.69) is 30.2 Å². The number of nitrogens with zero attached hydrogens (tertiary/aromatic N) is 4. The van der Waals surface area contributed by atoms with E-state index < -0.39 is 0 Å². The highest BCUT2D eigenvalue weighted by Gasteiger charge is 2.14. The van der Waals surface area contributed by atoms with Gasteiger partial charge < -0.3 is 10.3 Å². The fourth-order valence-corrected chi connectivity index (χ4v) is 2.33. The molecule has 0 spiro atoms. The van der Waals surface area contributed by atoms with Crippen molar-refractivity contribution in [2.75, 3.05) is 5.32 Å². The minimum absolute atomic E-state index is 0.242. The van der Waals surface area contributed by atoms with Crippen LogP contribution in [0.3, 0.4) is 0 Å². The summed E-state index contributed by atoms with van der Waals surface area (Å²) < 4.78 is 0. The van der Waals surface area contributed by atoms with Crippen molar-refractivity contribution in [2.24, 2.45) is 0 Å². The van der Waals surface area contributed by atoms with Crippen LogP contribution in [0.5, 0.6) is 0 Å². The largest absolute Gasteiger partial charge is 0.333 e. The van der Waals surface area contributed by atoms with Crippen molar-refractivity contribution in [3.8, 4) is 11.4 Å². The highest BCUT2D eigenvalue weighted by Crippen LogP contribution is 2.22. The molecule has 1 aromatic carbocycles. The van der Waals surface area contributed by atoms with E-state index in [1.165, 1.54) is 6.33 Å². The van der Waals surface area contributed by atoms with Crippen LogP contribution in [0.4, 0.5) is 5.82 Å². The molecule has 0 saturated carbocycles. The molecular weight excluding hydrogens is 304 g/mol. The van der Waals surface area contributed by atoms with E-state index in [-0.39, 0.29) is 5.91 Å². The van der Waals surface area contributed by atoms with E-state index in [4.69, 9.17) is 0 Å². The SMILES string of the molecule is O=C(Nc1ncnc2nc(-c3cccnc3)[nH]c12)c1ccccc1. The summed E-state index contributed by atoms with van der Waals surface area (Å²) >= 11 is 0. The molecule has 0 saturated heterocycles. The molecule has 0 radical (unpaired) electrons. The standard InChI is InChI=1S/C17H12N6O/c24-17(11-5-2-1-3-6-11)23-16-13-15(19-10-20-16)22-14(21-13)12-7-4-8-18-9-12/h1-10H,(H2,19,20,21,22,23,24). The first kappa shape index (κ1) is 14.0. The van der Waals surface area contributed by atoms with Gasteiger partial charge in [-0.15, -0.1) is 0 Å². The van der Waals surface area contributed by atoms with E-state index in [1.54, 1.807) is 36.7 Å². The summed E-state index contributed by atoms with van der Waals surface area (Å²) in [6, 6.07) is 12.7. The first-order valence-electron chi connectivity index (χ1n) is 7.29. The van der Waals surface area contributed by atoms with Crippen molar-refractivity contribution in [3.05, 3.63) is 66.7 Å². The molecular formula is C17H12N6O. The van der Waals surface area contributed by atoms with Crippen LogP contribution in [-0.2, 0) is 0 Å². The maximum absolute atomic E-state index is 12.3. The van der Waals surface area contributed by atoms with Crippen LogP contribution < -0.4 is 5.32 Å². The van der Waals surface area contributed by atoms with Gasteiger partial charge in [-0.1, -0.05) is 18.2 Å². The van der Waals surface area contributed by atoms with Gasteiger partial charge in [0.15, 0.2) is 11.5 Å². The number of H-pyrrole nitrogens is 1. The number of nitrogens with one attached hydrogen (secondary N) is 2. The lowest BCUT2D eigenvalue weighted by atomic mass is 10.2. The molecule has 0 bridgehead atoms. The molecule has 1 amide bonds. The number of hydrogen-bond donors (Lipinski definition) is 2. The van der Waals surface area contributed by atoms with E-state index in [0.717, 1.165) is 5.56 Å². The molecule has 7 nitrogen and oxygen atoms in total. The topological polar surface area (TPSA) is 96.5 Å². The second-order valence-electron chi connectivity index (χ2n) is 5.07. The van der Waals surface area contributed by atoms with Crippen LogP contribution in [0.25, 0.3) is 22.6 Å². The highest BCUT2D eigenvalue weighted by molar-refractivity contribution is 6.06. The third kappa shape index (κ3) is 2.58. The lowest BCUT2D eigenvalue weighted by molar-refractivity contribution is 0.102. The van der Waals surface area contributed by atoms with Crippen molar-refractivity contribution >= 4 is 22.9 Å². The van der Waals surface area contributed by atoms with Crippen LogP contribution >= 0.6 is 0 Å². The van der Waals surface area contributed by atoms with Crippen molar-refractivity contribution in [2.45, 2.75) is 0 Å². The summed E-state index contributed by atoms with van der Waals surface area (Å²) in [5, 5.41) is 2.79. The van der Waals surface area contributed by atoms with Gasteiger partial charge in [-0.05, 0) is 24.3 Å². The zero-order chi connectivity index (χ0) is 16.4. The molecule has 3 heterocycles. The Morgan fingerprint density at radius 3 is 2.71 bits per heavy atom. The number of hydrogen-bond acceptors (Lipinski definition) is 5. The van der Waals surface area contributed by atoms with Gasteiger partial charge in [-0.2, -0.15) is 0 Å². The Kier molecular flexibility index (Phi) is 3.43. The number of pyridine rings is 1. The zero-order valence-corrected chi connectivity index (χ0v) is 12.5. The van der Waals surface area contributed by atoms with E-state index in [0.29, 0.717) is 28.4 Å². The highest BCUT2D eigenvalue weighted by atomic mass is 16.1. The van der Waals surface area contributed by atoms with Gasteiger partial charge in [-0.25, -0.2) is 15.0 Å². The number of rotatable bonds is 3. The Labute approximate surface area is 136 Å². The van der Waals surface area contributed by atoms with Crippen LogP contribution in [0.2, 0.25) is 0 Å². The van der Waals surface area contributed by atoms with Crippen LogP contribution in [0.1, 0.15) is 10.4 Å². The third-order valence-electron chi connectivity index (χ3n) is 3.49. The minimum atomic E-state index is -0.242. The monoisotopic (exact) mass is 316 g/mol. The lowest BCUT2D eigenvalue weighted by Crippen LogP contribution is -2.13. The average molecular weight is 316 g/mol. The Balaban J connectivity index is 1.71. The van der Waals surface area contributed by atoms with Gasteiger partial charge in [0.25, 0.3) is 5.91 Å². The number of carbonyl (C=O) groups excluding carboxylic acids is 1. The van der Waals surface area contributed by atoms with Crippen molar-refractivity contribution in [1.82, 2.24) is 24.9 Å². The van der Waals surface area contributed by atoms with Crippen molar-refractivity contribution in [3.63, 3.8) is 0 Å².